The highest BCUT2D eigenvalue weighted by atomic mass is 16.3. The van der Waals surface area contributed by atoms with E-state index in [2.05, 4.69) is 31.3 Å². The molecule has 0 heterocycles. The minimum Gasteiger partial charge on any atom is -0.394 e. The van der Waals surface area contributed by atoms with Crippen LogP contribution in [0.5, 0.6) is 0 Å². The van der Waals surface area contributed by atoms with Crippen LogP contribution in [0.25, 0.3) is 0 Å². The van der Waals surface area contributed by atoms with E-state index in [0.717, 1.165) is 32.1 Å². The van der Waals surface area contributed by atoms with Gasteiger partial charge in [0.15, 0.2) is 0 Å². The van der Waals surface area contributed by atoms with Crippen molar-refractivity contribution in [3.8, 4) is 0 Å². The van der Waals surface area contributed by atoms with Crippen molar-refractivity contribution in [1.82, 2.24) is 5.32 Å². The van der Waals surface area contributed by atoms with Crippen LogP contribution < -0.4 is 5.32 Å². The van der Waals surface area contributed by atoms with Crippen LogP contribution in [0.4, 0.5) is 0 Å². The Balaban J connectivity index is 3.67. The molecule has 0 rings (SSSR count). The normalized spacial score (nSPS) is 13.9. The van der Waals surface area contributed by atoms with Gasteiger partial charge in [0.2, 0.25) is 5.91 Å². The monoisotopic (exact) mass is 610 g/mol. The van der Waals surface area contributed by atoms with Crippen molar-refractivity contribution >= 4 is 5.91 Å². The van der Waals surface area contributed by atoms with Gasteiger partial charge < -0.3 is 20.6 Å². The number of aliphatic hydroxyl groups excluding tert-OH is 3. The molecule has 0 saturated heterocycles. The Kier molecular flexibility index (Phi) is 33.3. The summed E-state index contributed by atoms with van der Waals surface area (Å²) in [4.78, 5) is 12.4. The minimum atomic E-state index is -0.746. The number of nitrogens with one attached hydrogen (secondary N) is 1. The molecular weight excluding hydrogens is 534 g/mol. The average Bonchev–Trinajstić information content (AvgIpc) is 3.00. The molecule has 5 nitrogen and oxygen atoms in total. The van der Waals surface area contributed by atoms with Gasteiger partial charge in [-0.15, -0.1) is 0 Å². The standard InChI is InChI=1S/C38H75NO4/c1-3-5-7-9-11-13-15-17-18-20-22-24-26-28-30-32-37(42)36(34-40)39-38(43)33-35(41)31-29-27-25-23-21-19-16-14-12-10-8-6-4-2/h14,16,35-37,40-42H,3-13,15,17-34H2,1-2H3,(H,39,43)/b16-14-. The van der Waals surface area contributed by atoms with Gasteiger partial charge in [0, 0.05) is 0 Å². The highest BCUT2D eigenvalue weighted by molar-refractivity contribution is 5.76. The fourth-order valence-electron chi connectivity index (χ4n) is 5.87. The molecule has 3 unspecified atom stereocenters. The lowest BCUT2D eigenvalue weighted by Gasteiger charge is -2.23. The Bertz CT molecular complexity index is 596. The largest absolute Gasteiger partial charge is 0.394 e. The number of amides is 1. The Morgan fingerprint density at radius 3 is 1.37 bits per heavy atom. The summed E-state index contributed by atoms with van der Waals surface area (Å²) < 4.78 is 0. The highest BCUT2D eigenvalue weighted by Crippen LogP contribution is 2.15. The van der Waals surface area contributed by atoms with Crippen LogP contribution in [0, 0.1) is 0 Å². The van der Waals surface area contributed by atoms with Crippen LogP contribution in [0.1, 0.15) is 200 Å². The SMILES string of the molecule is CCCCCC/C=C\CCCCCCCC(O)CC(=O)NC(CO)C(O)CCCCCCCCCCCCCCCCC. The van der Waals surface area contributed by atoms with Gasteiger partial charge in [-0.3, -0.25) is 4.79 Å². The maximum atomic E-state index is 12.4. The number of carbonyl (C=O) groups excluding carboxylic acids is 1. The predicted octanol–water partition coefficient (Wildman–Crippen LogP) is 10.1. The lowest BCUT2D eigenvalue weighted by atomic mass is 10.0. The van der Waals surface area contributed by atoms with E-state index in [-0.39, 0.29) is 18.9 Å². The number of allylic oxidation sites excluding steroid dienone is 2. The van der Waals surface area contributed by atoms with Crippen molar-refractivity contribution in [1.29, 1.82) is 0 Å². The number of aliphatic hydroxyl groups is 3. The van der Waals surface area contributed by atoms with Gasteiger partial charge >= 0.3 is 0 Å². The predicted molar refractivity (Wildman–Crippen MR) is 185 cm³/mol. The van der Waals surface area contributed by atoms with Crippen LogP contribution in [0.2, 0.25) is 0 Å². The second-order valence-corrected chi connectivity index (χ2v) is 13.2. The maximum absolute atomic E-state index is 12.4. The molecule has 1 amide bonds. The lowest BCUT2D eigenvalue weighted by Crippen LogP contribution is -2.46. The van der Waals surface area contributed by atoms with Crippen LogP contribution in [0.3, 0.4) is 0 Å². The molecule has 0 fully saturated rings. The average molecular weight is 610 g/mol. The molecule has 0 bridgehead atoms. The van der Waals surface area contributed by atoms with Crippen molar-refractivity contribution in [2.45, 2.75) is 218 Å². The second-order valence-electron chi connectivity index (χ2n) is 13.2. The molecular formula is C38H75NO4. The zero-order valence-corrected chi connectivity index (χ0v) is 28.8. The Hall–Kier alpha value is -0.910. The summed E-state index contributed by atoms with van der Waals surface area (Å²) in [6, 6.07) is -0.656. The van der Waals surface area contributed by atoms with Crippen molar-refractivity contribution < 1.29 is 20.1 Å². The first kappa shape index (κ1) is 42.1. The minimum absolute atomic E-state index is 0.0330. The molecule has 0 aliphatic carbocycles. The molecule has 0 aromatic rings. The second kappa shape index (κ2) is 34.0. The highest BCUT2D eigenvalue weighted by Gasteiger charge is 2.21. The van der Waals surface area contributed by atoms with Gasteiger partial charge in [-0.25, -0.2) is 0 Å². The Labute approximate surface area is 268 Å². The first-order valence-electron chi connectivity index (χ1n) is 19.0. The molecule has 0 aliphatic heterocycles. The smallest absolute Gasteiger partial charge is 0.222 e. The van der Waals surface area contributed by atoms with Crippen molar-refractivity contribution in [3.63, 3.8) is 0 Å². The van der Waals surface area contributed by atoms with Crippen LogP contribution >= 0.6 is 0 Å². The van der Waals surface area contributed by atoms with Gasteiger partial charge in [0.1, 0.15) is 0 Å². The third-order valence-electron chi connectivity index (χ3n) is 8.83. The van der Waals surface area contributed by atoms with E-state index in [1.165, 1.54) is 135 Å². The van der Waals surface area contributed by atoms with Gasteiger partial charge in [-0.1, -0.05) is 167 Å². The van der Waals surface area contributed by atoms with E-state index in [9.17, 15) is 20.1 Å². The molecule has 0 aromatic carbocycles. The molecule has 43 heavy (non-hydrogen) atoms. The van der Waals surface area contributed by atoms with E-state index in [1.54, 1.807) is 0 Å². The van der Waals surface area contributed by atoms with Crippen LogP contribution in [-0.2, 0) is 4.79 Å². The van der Waals surface area contributed by atoms with E-state index >= 15 is 0 Å². The first-order chi connectivity index (χ1) is 21.0. The number of rotatable bonds is 34. The van der Waals surface area contributed by atoms with Crippen LogP contribution in [-0.4, -0.2) is 46.1 Å². The molecule has 0 spiro atoms. The molecule has 256 valence electrons. The third kappa shape index (κ3) is 30.9. The van der Waals surface area contributed by atoms with Gasteiger partial charge in [0.25, 0.3) is 0 Å². The van der Waals surface area contributed by atoms with E-state index in [1.807, 2.05) is 0 Å². The van der Waals surface area contributed by atoms with E-state index < -0.39 is 18.2 Å². The molecule has 4 N–H and O–H groups in total. The number of unbranched alkanes of at least 4 members (excludes halogenated alkanes) is 23. The van der Waals surface area contributed by atoms with Crippen molar-refractivity contribution in [2.75, 3.05) is 6.61 Å². The molecule has 0 saturated carbocycles. The quantitative estimate of drug-likeness (QED) is 0.0432. The van der Waals surface area contributed by atoms with Gasteiger partial charge in [0.05, 0.1) is 31.3 Å². The number of hydrogen-bond acceptors (Lipinski definition) is 4. The third-order valence-corrected chi connectivity index (χ3v) is 8.83. The topological polar surface area (TPSA) is 89.8 Å². The van der Waals surface area contributed by atoms with Crippen molar-refractivity contribution in [3.05, 3.63) is 12.2 Å². The zero-order valence-electron chi connectivity index (χ0n) is 28.8. The summed E-state index contributed by atoms with van der Waals surface area (Å²) in [5.41, 5.74) is 0. The van der Waals surface area contributed by atoms with E-state index in [0.29, 0.717) is 12.8 Å². The summed E-state index contributed by atoms with van der Waals surface area (Å²) in [6.07, 6.45) is 37.3. The number of hydrogen-bond donors (Lipinski definition) is 4. The molecule has 0 aliphatic rings. The molecule has 5 heteroatoms. The maximum Gasteiger partial charge on any atom is 0.222 e. The number of carbonyl (C=O) groups is 1. The van der Waals surface area contributed by atoms with E-state index in [4.69, 9.17) is 0 Å². The molecule has 0 aromatic heterocycles. The van der Waals surface area contributed by atoms with Gasteiger partial charge in [-0.05, 0) is 38.5 Å². The molecule has 0 radical (unpaired) electrons. The Morgan fingerprint density at radius 1 is 0.558 bits per heavy atom. The molecule has 3 atom stereocenters. The lowest BCUT2D eigenvalue weighted by molar-refractivity contribution is -0.125. The summed E-state index contributed by atoms with van der Waals surface area (Å²) in [5.74, 6) is -0.288. The first-order valence-corrected chi connectivity index (χ1v) is 19.0. The van der Waals surface area contributed by atoms with Crippen molar-refractivity contribution in [2.24, 2.45) is 0 Å². The zero-order chi connectivity index (χ0) is 31.6. The summed E-state index contributed by atoms with van der Waals surface area (Å²) in [5, 5.41) is 33.2. The summed E-state index contributed by atoms with van der Waals surface area (Å²) in [6.45, 7) is 4.23. The fourth-order valence-corrected chi connectivity index (χ4v) is 5.87. The fraction of sp³-hybridized carbons (Fsp3) is 0.921. The Morgan fingerprint density at radius 2 is 0.930 bits per heavy atom. The van der Waals surface area contributed by atoms with Gasteiger partial charge in [-0.2, -0.15) is 0 Å². The van der Waals surface area contributed by atoms with Crippen LogP contribution in [0.15, 0.2) is 12.2 Å². The summed E-state index contributed by atoms with van der Waals surface area (Å²) in [7, 11) is 0. The summed E-state index contributed by atoms with van der Waals surface area (Å²) >= 11 is 0.